The molecule has 1 fully saturated rings. The molecule has 0 bridgehead atoms. The molecule has 4 heterocycles. The maximum Gasteiger partial charge on any atom is 0.435 e. The fraction of sp³-hybridized carbons (Fsp3) is 0.368. The average Bonchev–Trinajstić information content (AvgIpc) is 3.69. The van der Waals surface area contributed by atoms with Crippen LogP contribution in [0.5, 0.6) is 0 Å². The van der Waals surface area contributed by atoms with Crippen LogP contribution in [0.3, 0.4) is 0 Å². The highest BCUT2D eigenvalue weighted by Crippen LogP contribution is 2.58. The van der Waals surface area contributed by atoms with Gasteiger partial charge < -0.3 is 15.1 Å². The zero-order valence-corrected chi connectivity index (χ0v) is 32.9. The van der Waals surface area contributed by atoms with Gasteiger partial charge in [-0.05, 0) is 49.4 Å². The topological polar surface area (TPSA) is 130 Å². The molecule has 3 atom stereocenters. The van der Waals surface area contributed by atoms with Crippen LogP contribution in [-0.2, 0) is 46.9 Å². The number of hydrogen-bond acceptors (Lipinski definition) is 8. The number of carbonyl (C=O) groups excluding carboxylic acids is 1. The summed E-state index contributed by atoms with van der Waals surface area (Å²) in [5.74, 6) is -4.93. The third-order valence-electron chi connectivity index (χ3n) is 10.6. The van der Waals surface area contributed by atoms with Crippen molar-refractivity contribution in [3.05, 3.63) is 87.3 Å². The molecule has 5 aromatic rings. The van der Waals surface area contributed by atoms with Gasteiger partial charge in [-0.25, -0.2) is 22.2 Å². The van der Waals surface area contributed by atoms with E-state index in [1.165, 1.54) is 10.7 Å². The molecule has 59 heavy (non-hydrogen) atoms. The van der Waals surface area contributed by atoms with Crippen LogP contribution in [-0.4, -0.2) is 83.3 Å². The lowest BCUT2D eigenvalue weighted by molar-refractivity contribution is -0.142. The number of hydrogen-bond donors (Lipinski definition) is 2. The Bertz CT molecular complexity index is 2700. The second-order valence-electron chi connectivity index (χ2n) is 14.8. The largest absolute Gasteiger partial charge is 0.435 e. The smallest absolute Gasteiger partial charge is 0.354 e. The summed E-state index contributed by atoms with van der Waals surface area (Å²) in [4.78, 5) is 23.2. The highest BCUT2D eigenvalue weighted by Gasteiger charge is 2.62. The fourth-order valence-electron chi connectivity index (χ4n) is 7.95. The van der Waals surface area contributed by atoms with Gasteiger partial charge in [-0.3, -0.25) is 18.9 Å². The molecule has 0 radical (unpaired) electrons. The van der Waals surface area contributed by atoms with Crippen molar-refractivity contribution in [2.75, 3.05) is 49.1 Å². The van der Waals surface area contributed by atoms with E-state index in [-0.39, 0.29) is 33.9 Å². The monoisotopic (exact) mass is 863 g/mol. The summed E-state index contributed by atoms with van der Waals surface area (Å²) in [7, 11) is -0.336. The van der Waals surface area contributed by atoms with Crippen LogP contribution < -0.4 is 14.9 Å². The van der Waals surface area contributed by atoms with Gasteiger partial charge in [-0.15, -0.1) is 0 Å². The number of nitrogens with zero attached hydrogens (tertiary/aromatic N) is 7. The molecule has 1 aliphatic heterocycles. The maximum absolute atomic E-state index is 15.6. The minimum atomic E-state index is -5.13. The van der Waals surface area contributed by atoms with E-state index in [4.69, 9.17) is 16.6 Å². The molecule has 21 heteroatoms. The van der Waals surface area contributed by atoms with E-state index in [1.54, 1.807) is 25.2 Å². The number of benzene rings is 2. The number of carbonyl (C=O) groups is 1. The van der Waals surface area contributed by atoms with Crippen LogP contribution in [0, 0.1) is 29.4 Å². The predicted molar refractivity (Wildman–Crippen MR) is 203 cm³/mol. The van der Waals surface area contributed by atoms with Crippen molar-refractivity contribution in [3.63, 3.8) is 0 Å². The number of sulfonamides is 1. The first-order valence-corrected chi connectivity index (χ1v) is 20.4. The normalized spacial score (nSPS) is 19.1. The highest BCUT2D eigenvalue weighted by molar-refractivity contribution is 7.92. The van der Waals surface area contributed by atoms with Gasteiger partial charge in [-0.2, -0.15) is 32.1 Å². The molecular weight excluding hydrogens is 831 g/mol. The highest BCUT2D eigenvalue weighted by atomic mass is 35.5. The van der Waals surface area contributed by atoms with Crippen LogP contribution in [0.4, 0.5) is 42.4 Å². The number of aromatic nitrogens is 5. The molecule has 1 saturated heterocycles. The van der Waals surface area contributed by atoms with Gasteiger partial charge in [0.1, 0.15) is 35.6 Å². The molecule has 3 unspecified atom stereocenters. The van der Waals surface area contributed by atoms with E-state index < -0.39 is 81.0 Å². The SMILES string of the molecule is CN1CCN(c2ccc(-c3ccc(Cl)c4c(NS(C)(=O)=O)nn(C)c34)c(C(Cc3cc(F)cc(F)c3)NC(=O)Cn3nc(C(F)(F)F)c4c3C(F)(F)C3C#CC43)n2)CC1. The molecule has 0 spiro atoms. The first-order valence-electron chi connectivity index (χ1n) is 18.1. The fourth-order valence-corrected chi connectivity index (χ4v) is 8.69. The Morgan fingerprint density at radius 2 is 1.68 bits per heavy atom. The van der Waals surface area contributed by atoms with Gasteiger partial charge >= 0.3 is 12.1 Å². The molecule has 310 valence electrons. The third kappa shape index (κ3) is 7.44. The number of rotatable bonds is 10. The summed E-state index contributed by atoms with van der Waals surface area (Å²) in [6.07, 6.45) is -4.53. The zero-order valence-electron chi connectivity index (χ0n) is 31.3. The molecule has 3 aromatic heterocycles. The van der Waals surface area contributed by atoms with Gasteiger partial charge in [0, 0.05) is 56.0 Å². The van der Waals surface area contributed by atoms with Gasteiger partial charge in [0.2, 0.25) is 15.9 Å². The quantitative estimate of drug-likeness (QED) is 0.133. The van der Waals surface area contributed by atoms with Gasteiger partial charge in [-0.1, -0.05) is 29.5 Å². The second kappa shape index (κ2) is 14.4. The average molecular weight is 864 g/mol. The van der Waals surface area contributed by atoms with E-state index in [0.29, 0.717) is 59.4 Å². The molecule has 1 amide bonds. The summed E-state index contributed by atoms with van der Waals surface area (Å²) in [5, 5.41) is 10.9. The predicted octanol–water partition coefficient (Wildman–Crippen LogP) is 5.83. The molecule has 2 aromatic carbocycles. The van der Waals surface area contributed by atoms with E-state index >= 15 is 8.78 Å². The number of halogens is 8. The lowest BCUT2D eigenvalue weighted by Crippen LogP contribution is -2.45. The number of amides is 1. The van der Waals surface area contributed by atoms with Crippen LogP contribution in [0.1, 0.15) is 40.2 Å². The van der Waals surface area contributed by atoms with E-state index in [9.17, 15) is 35.2 Å². The lowest BCUT2D eigenvalue weighted by atomic mass is 9.84. The van der Waals surface area contributed by atoms with Gasteiger partial charge in [0.15, 0.2) is 11.5 Å². The van der Waals surface area contributed by atoms with Crippen molar-refractivity contribution in [2.24, 2.45) is 13.0 Å². The molecule has 12 nitrogen and oxygen atoms in total. The number of aryl methyl sites for hydroxylation is 1. The van der Waals surface area contributed by atoms with Crippen LogP contribution in [0.15, 0.2) is 42.5 Å². The van der Waals surface area contributed by atoms with Crippen molar-refractivity contribution < 1.29 is 43.9 Å². The minimum absolute atomic E-state index is 0.0478. The Kier molecular flexibility index (Phi) is 9.87. The van der Waals surface area contributed by atoms with Crippen LogP contribution >= 0.6 is 11.6 Å². The summed E-state index contributed by atoms with van der Waals surface area (Å²) in [5.41, 5.74) is -2.23. The molecule has 3 aliphatic rings. The number of fused-ring (bicyclic) bond motifs is 4. The second-order valence-corrected chi connectivity index (χ2v) is 16.9. The Balaban J connectivity index is 1.27. The molecule has 2 aliphatic carbocycles. The van der Waals surface area contributed by atoms with E-state index in [2.05, 4.69) is 37.0 Å². The van der Waals surface area contributed by atoms with Crippen molar-refractivity contribution in [3.8, 4) is 23.0 Å². The number of likely N-dealkylation sites (N-methyl/N-ethyl adjacent to an activating group) is 1. The number of anilines is 2. The first-order chi connectivity index (χ1) is 27.7. The van der Waals surface area contributed by atoms with Crippen LogP contribution in [0.25, 0.3) is 22.0 Å². The standard InChI is InChI=1S/C38H33ClF7N9O3S/c1-52-10-12-54(13-11-52)28-9-6-22(23-5-8-26(39)31-33(23)53(2)50-36(31)51-59(3,57)58)32(48-28)27(16-19-14-20(40)17-21(41)15-19)47-29(56)18-55-35-30(34(49-55)38(44,45)46)24-4-7-25(24)37(35,42)43/h5-6,8-9,14-15,17,24-25,27H,10-13,16,18H2,1-3H3,(H,47,56)(H,50,51). The van der Waals surface area contributed by atoms with Crippen molar-refractivity contribution >= 4 is 50.1 Å². The number of pyridine rings is 1. The maximum atomic E-state index is 15.6. The Labute approximate surface area is 337 Å². The van der Waals surface area contributed by atoms with E-state index in [1.807, 2.05) is 11.9 Å². The molecular formula is C38H33ClF7N9O3S. The number of piperazine rings is 1. The van der Waals surface area contributed by atoms with Crippen molar-refractivity contribution in [2.45, 2.75) is 37.0 Å². The van der Waals surface area contributed by atoms with Gasteiger partial charge in [0.05, 0.1) is 39.8 Å². The molecule has 2 N–H and O–H groups in total. The third-order valence-corrected chi connectivity index (χ3v) is 11.4. The first kappa shape index (κ1) is 40.4. The lowest BCUT2D eigenvalue weighted by Gasteiger charge is -2.34. The Hall–Kier alpha value is -5.39. The minimum Gasteiger partial charge on any atom is -0.354 e. The van der Waals surface area contributed by atoms with Crippen LogP contribution in [0.2, 0.25) is 5.02 Å². The Morgan fingerprint density at radius 3 is 2.31 bits per heavy atom. The zero-order chi connectivity index (χ0) is 42.3. The van der Waals surface area contributed by atoms with Crippen molar-refractivity contribution in [1.82, 2.24) is 34.8 Å². The molecule has 0 saturated carbocycles. The number of alkyl halides is 5. The van der Waals surface area contributed by atoms with Crippen molar-refractivity contribution in [1.29, 1.82) is 0 Å². The Morgan fingerprint density at radius 1 is 1.00 bits per heavy atom. The summed E-state index contributed by atoms with van der Waals surface area (Å²) >= 11 is 6.62. The summed E-state index contributed by atoms with van der Waals surface area (Å²) < 4.78 is 132. The summed E-state index contributed by atoms with van der Waals surface area (Å²) in [6, 6.07) is 7.91. The van der Waals surface area contributed by atoms with Gasteiger partial charge in [0.25, 0.3) is 0 Å². The van der Waals surface area contributed by atoms with E-state index in [0.717, 1.165) is 18.4 Å². The summed E-state index contributed by atoms with van der Waals surface area (Å²) in [6.45, 7) is 1.36. The molecule has 8 rings (SSSR count). The number of nitrogens with one attached hydrogen (secondary N) is 2.